The van der Waals surface area contributed by atoms with E-state index in [1.165, 1.54) is 0 Å². The summed E-state index contributed by atoms with van der Waals surface area (Å²) in [4.78, 5) is 13.8. The van der Waals surface area contributed by atoms with Crippen molar-refractivity contribution in [2.24, 2.45) is 4.99 Å². The van der Waals surface area contributed by atoms with E-state index < -0.39 is 5.54 Å². The fourth-order valence-corrected chi connectivity index (χ4v) is 1.04. The lowest BCUT2D eigenvalue weighted by Crippen LogP contribution is -2.14. The van der Waals surface area contributed by atoms with E-state index in [4.69, 9.17) is 0 Å². The number of hydrogen-bond acceptors (Lipinski definition) is 3. The van der Waals surface area contributed by atoms with Gasteiger partial charge in [-0.15, -0.1) is 0 Å². The molecular weight excluding hydrogens is 166 g/mol. The van der Waals surface area contributed by atoms with Crippen LogP contribution in [-0.4, -0.2) is 15.9 Å². The van der Waals surface area contributed by atoms with Crippen molar-refractivity contribution in [2.45, 2.75) is 32.9 Å². The number of rotatable bonds is 3. The van der Waals surface area contributed by atoms with Crippen LogP contribution in [0.15, 0.2) is 17.3 Å². The van der Waals surface area contributed by atoms with Gasteiger partial charge >= 0.3 is 0 Å². The third-order valence-electron chi connectivity index (χ3n) is 1.92. The van der Waals surface area contributed by atoms with Gasteiger partial charge in [0.05, 0.1) is 5.69 Å². The number of aromatic nitrogens is 2. The lowest BCUT2D eigenvalue weighted by molar-refractivity contribution is 0.500. The first kappa shape index (κ1) is 9.68. The number of aryl methyl sites for hydroxylation is 1. The molecule has 0 N–H and O–H groups in total. The minimum atomic E-state index is -0.567. The highest BCUT2D eigenvalue weighted by Crippen LogP contribution is 2.21. The summed E-state index contributed by atoms with van der Waals surface area (Å²) in [5.74, 6) is 0. The molecule has 0 saturated heterocycles. The Labute approximate surface area is 77.3 Å². The first-order valence-electron chi connectivity index (χ1n) is 4.23. The molecule has 4 heteroatoms. The van der Waals surface area contributed by atoms with Gasteiger partial charge in [-0.2, -0.15) is 10.1 Å². The third-order valence-corrected chi connectivity index (χ3v) is 1.92. The van der Waals surface area contributed by atoms with Crippen molar-refractivity contribution in [3.8, 4) is 0 Å². The molecule has 0 aliphatic heterocycles. The highest BCUT2D eigenvalue weighted by Gasteiger charge is 2.21. The smallest absolute Gasteiger partial charge is 0.235 e. The van der Waals surface area contributed by atoms with Gasteiger partial charge in [0.25, 0.3) is 0 Å². The molecule has 1 heterocycles. The molecule has 0 fully saturated rings. The first-order chi connectivity index (χ1) is 6.10. The van der Waals surface area contributed by atoms with Gasteiger partial charge in [0.1, 0.15) is 5.54 Å². The first-order valence-corrected chi connectivity index (χ1v) is 4.23. The highest BCUT2D eigenvalue weighted by atomic mass is 16.1. The zero-order valence-electron chi connectivity index (χ0n) is 8.11. The van der Waals surface area contributed by atoms with Crippen LogP contribution in [0.3, 0.4) is 0 Å². The molecule has 1 aromatic heterocycles. The van der Waals surface area contributed by atoms with Crippen molar-refractivity contribution in [2.75, 3.05) is 0 Å². The Bertz CT molecular complexity index is 334. The van der Waals surface area contributed by atoms with Gasteiger partial charge < -0.3 is 0 Å². The van der Waals surface area contributed by atoms with E-state index in [9.17, 15) is 4.79 Å². The van der Waals surface area contributed by atoms with Crippen LogP contribution in [0, 0.1) is 0 Å². The molecule has 0 atom stereocenters. The molecule has 70 valence electrons. The van der Waals surface area contributed by atoms with Crippen LogP contribution in [0.1, 0.15) is 26.5 Å². The Morgan fingerprint density at radius 3 is 2.85 bits per heavy atom. The number of aliphatic imine (C=N–C) groups is 1. The predicted molar refractivity (Wildman–Crippen MR) is 49.0 cm³/mol. The minimum Gasteiger partial charge on any atom is -0.273 e. The van der Waals surface area contributed by atoms with E-state index >= 15 is 0 Å². The second kappa shape index (κ2) is 3.54. The molecule has 0 unspecified atom stereocenters. The van der Waals surface area contributed by atoms with Crippen LogP contribution in [0.4, 0.5) is 0 Å². The molecule has 0 spiro atoms. The Morgan fingerprint density at radius 2 is 2.38 bits per heavy atom. The molecule has 0 saturated carbocycles. The van der Waals surface area contributed by atoms with E-state index in [1.807, 2.05) is 33.0 Å². The van der Waals surface area contributed by atoms with Gasteiger partial charge in [-0.1, -0.05) is 0 Å². The lowest BCUT2D eigenvalue weighted by Gasteiger charge is -2.13. The molecule has 0 aliphatic rings. The summed E-state index contributed by atoms with van der Waals surface area (Å²) in [5.41, 5.74) is 0.222. The molecule has 0 amide bonds. The summed E-state index contributed by atoms with van der Waals surface area (Å²) >= 11 is 0. The zero-order valence-corrected chi connectivity index (χ0v) is 8.11. The fraction of sp³-hybridized carbons (Fsp3) is 0.556. The molecule has 1 rings (SSSR count). The van der Waals surface area contributed by atoms with E-state index in [0.29, 0.717) is 0 Å². The van der Waals surface area contributed by atoms with Gasteiger partial charge in [0, 0.05) is 12.7 Å². The van der Waals surface area contributed by atoms with Crippen LogP contribution in [0.25, 0.3) is 0 Å². The van der Waals surface area contributed by atoms with Gasteiger partial charge in [0.15, 0.2) is 0 Å². The van der Waals surface area contributed by atoms with Gasteiger partial charge in [-0.05, 0) is 26.8 Å². The van der Waals surface area contributed by atoms with Crippen LogP contribution < -0.4 is 0 Å². The SMILES string of the molecule is CCn1ccc(C(C)(C)N=C=O)n1. The van der Waals surface area contributed by atoms with Gasteiger partial charge in [-0.3, -0.25) is 4.68 Å². The Kier molecular flexibility index (Phi) is 2.63. The van der Waals surface area contributed by atoms with Crippen molar-refractivity contribution >= 4 is 6.08 Å². The quantitative estimate of drug-likeness (QED) is 0.521. The second-order valence-electron chi connectivity index (χ2n) is 3.32. The molecular formula is C9H13N3O. The maximum atomic E-state index is 10.1. The standard InChI is InChI=1S/C9H13N3O/c1-4-12-6-5-8(11-12)9(2,3)10-7-13/h5-6H,4H2,1-3H3. The summed E-state index contributed by atoms with van der Waals surface area (Å²) in [7, 11) is 0. The van der Waals surface area contributed by atoms with Crippen LogP contribution in [0.2, 0.25) is 0 Å². The van der Waals surface area contributed by atoms with E-state index in [1.54, 1.807) is 10.8 Å². The number of hydrogen-bond donors (Lipinski definition) is 0. The normalized spacial score (nSPS) is 11.0. The Balaban J connectivity index is 2.99. The van der Waals surface area contributed by atoms with Crippen molar-refractivity contribution in [1.29, 1.82) is 0 Å². The van der Waals surface area contributed by atoms with Crippen LogP contribution >= 0.6 is 0 Å². The van der Waals surface area contributed by atoms with E-state index in [0.717, 1.165) is 12.2 Å². The van der Waals surface area contributed by atoms with Crippen molar-refractivity contribution in [1.82, 2.24) is 9.78 Å². The number of carbonyl (C=O) groups excluding carboxylic acids is 1. The maximum absolute atomic E-state index is 10.1. The fourth-order valence-electron chi connectivity index (χ4n) is 1.04. The van der Waals surface area contributed by atoms with E-state index in [-0.39, 0.29) is 0 Å². The molecule has 4 nitrogen and oxygen atoms in total. The van der Waals surface area contributed by atoms with Crippen LogP contribution in [0.5, 0.6) is 0 Å². The van der Waals surface area contributed by atoms with Gasteiger partial charge in [0.2, 0.25) is 6.08 Å². The molecule has 0 aliphatic carbocycles. The minimum absolute atomic E-state index is 0.567. The van der Waals surface area contributed by atoms with Crippen LogP contribution in [-0.2, 0) is 16.9 Å². The Hall–Kier alpha value is -1.41. The van der Waals surface area contributed by atoms with Crippen molar-refractivity contribution in [3.05, 3.63) is 18.0 Å². The second-order valence-corrected chi connectivity index (χ2v) is 3.32. The van der Waals surface area contributed by atoms with Crippen molar-refractivity contribution in [3.63, 3.8) is 0 Å². The van der Waals surface area contributed by atoms with Crippen molar-refractivity contribution < 1.29 is 4.79 Å². The summed E-state index contributed by atoms with van der Waals surface area (Å²) < 4.78 is 1.80. The third kappa shape index (κ3) is 2.04. The molecule has 13 heavy (non-hydrogen) atoms. The number of isocyanates is 1. The molecule has 0 bridgehead atoms. The Morgan fingerprint density at radius 1 is 1.69 bits per heavy atom. The summed E-state index contributed by atoms with van der Waals surface area (Å²) in [6, 6.07) is 1.87. The monoisotopic (exact) mass is 179 g/mol. The van der Waals surface area contributed by atoms with Gasteiger partial charge in [-0.25, -0.2) is 4.79 Å². The largest absolute Gasteiger partial charge is 0.273 e. The molecule has 1 aromatic rings. The maximum Gasteiger partial charge on any atom is 0.235 e. The zero-order chi connectivity index (χ0) is 9.90. The van der Waals surface area contributed by atoms with E-state index in [2.05, 4.69) is 10.1 Å². The molecule has 0 aromatic carbocycles. The average molecular weight is 179 g/mol. The lowest BCUT2D eigenvalue weighted by atomic mass is 10.0. The average Bonchev–Trinajstić information content (AvgIpc) is 2.52. The number of nitrogens with zero attached hydrogens (tertiary/aromatic N) is 3. The predicted octanol–water partition coefficient (Wildman–Crippen LogP) is 1.47. The summed E-state index contributed by atoms with van der Waals surface area (Å²) in [6.07, 6.45) is 3.43. The molecule has 0 radical (unpaired) electrons. The summed E-state index contributed by atoms with van der Waals surface area (Å²) in [6.45, 7) is 6.49. The topological polar surface area (TPSA) is 47.2 Å². The highest BCUT2D eigenvalue weighted by molar-refractivity contribution is 5.35. The summed E-state index contributed by atoms with van der Waals surface area (Å²) in [5, 5.41) is 4.26.